The summed E-state index contributed by atoms with van der Waals surface area (Å²) in [5.41, 5.74) is 1.10. The molecule has 0 bridgehead atoms. The van der Waals surface area contributed by atoms with E-state index in [4.69, 9.17) is 4.74 Å². The lowest BCUT2D eigenvalue weighted by Gasteiger charge is -2.25. The van der Waals surface area contributed by atoms with Crippen molar-refractivity contribution in [3.8, 4) is 5.75 Å². The van der Waals surface area contributed by atoms with Crippen LogP contribution in [0.5, 0.6) is 5.75 Å². The molecule has 2 atom stereocenters. The van der Waals surface area contributed by atoms with E-state index in [-0.39, 0.29) is 23.0 Å². The van der Waals surface area contributed by atoms with E-state index >= 15 is 0 Å². The zero-order valence-electron chi connectivity index (χ0n) is 12.7. The first kappa shape index (κ1) is 15.9. The molecule has 0 spiro atoms. The van der Waals surface area contributed by atoms with E-state index in [1.807, 2.05) is 36.1 Å². The van der Waals surface area contributed by atoms with Crippen molar-refractivity contribution in [3.05, 3.63) is 29.8 Å². The zero-order chi connectivity index (χ0) is 15.4. The summed E-state index contributed by atoms with van der Waals surface area (Å²) in [6.07, 6.45) is 0.542. The van der Waals surface area contributed by atoms with Gasteiger partial charge in [0, 0.05) is 25.6 Å². The Hall–Kier alpha value is -1.49. The molecule has 0 aromatic heterocycles. The molecule has 1 aliphatic heterocycles. The number of thioether (sulfide) groups is 1. The van der Waals surface area contributed by atoms with E-state index in [9.17, 15) is 9.59 Å². The highest BCUT2D eigenvalue weighted by atomic mass is 32.2. The summed E-state index contributed by atoms with van der Waals surface area (Å²) in [5, 5.41) is 0.115. The maximum Gasteiger partial charge on any atom is 0.223 e. The largest absolute Gasteiger partial charge is 0.497 e. The monoisotopic (exact) mass is 307 g/mol. The van der Waals surface area contributed by atoms with E-state index in [1.54, 1.807) is 14.0 Å². The Kier molecular flexibility index (Phi) is 5.28. The van der Waals surface area contributed by atoms with Crippen LogP contribution in [0.3, 0.4) is 0 Å². The van der Waals surface area contributed by atoms with Gasteiger partial charge in [-0.25, -0.2) is 0 Å². The molecule has 1 fully saturated rings. The molecule has 1 unspecified atom stereocenters. The molecule has 21 heavy (non-hydrogen) atoms. The molecule has 0 aliphatic carbocycles. The number of nitrogens with zero attached hydrogens (tertiary/aromatic N) is 1. The van der Waals surface area contributed by atoms with Gasteiger partial charge in [-0.1, -0.05) is 23.9 Å². The van der Waals surface area contributed by atoms with Crippen molar-refractivity contribution in [3.63, 3.8) is 0 Å². The molecule has 0 N–H and O–H groups in total. The summed E-state index contributed by atoms with van der Waals surface area (Å²) in [4.78, 5) is 25.1. The minimum atomic E-state index is 0.0516. The maximum absolute atomic E-state index is 12.2. The van der Waals surface area contributed by atoms with Crippen molar-refractivity contribution in [1.82, 2.24) is 4.90 Å². The predicted molar refractivity (Wildman–Crippen MR) is 84.4 cm³/mol. The summed E-state index contributed by atoms with van der Waals surface area (Å²) < 4.78 is 5.15. The van der Waals surface area contributed by atoms with Crippen molar-refractivity contribution < 1.29 is 14.3 Å². The molecule has 1 amide bonds. The van der Waals surface area contributed by atoms with Crippen molar-refractivity contribution in [2.75, 3.05) is 19.4 Å². The van der Waals surface area contributed by atoms with Gasteiger partial charge in [-0.05, 0) is 30.5 Å². The summed E-state index contributed by atoms with van der Waals surface area (Å²) in [7, 11) is 1.64. The van der Waals surface area contributed by atoms with Crippen LogP contribution in [-0.2, 0) is 9.59 Å². The van der Waals surface area contributed by atoms with Gasteiger partial charge in [-0.2, -0.15) is 0 Å². The number of rotatable bonds is 5. The molecule has 0 saturated carbocycles. The number of methoxy groups -OCH3 is 1. The molecule has 5 heteroatoms. The second-order valence-electron chi connectivity index (χ2n) is 5.37. The lowest BCUT2D eigenvalue weighted by molar-refractivity contribution is -0.129. The first-order valence-corrected chi connectivity index (χ1v) is 8.06. The van der Waals surface area contributed by atoms with Crippen molar-refractivity contribution in [2.45, 2.75) is 26.3 Å². The maximum atomic E-state index is 12.2. The smallest absolute Gasteiger partial charge is 0.223 e. The van der Waals surface area contributed by atoms with Crippen LogP contribution in [0.2, 0.25) is 0 Å². The van der Waals surface area contributed by atoms with Crippen molar-refractivity contribution in [1.29, 1.82) is 0 Å². The SMILES string of the molecule is COc1ccc([C@H](C)N2CC(CSC(C)=O)CC2=O)cc1. The highest BCUT2D eigenvalue weighted by Gasteiger charge is 2.33. The number of carbonyl (C=O) groups excluding carboxylic acids is 2. The van der Waals surface area contributed by atoms with Gasteiger partial charge in [0.25, 0.3) is 0 Å². The number of likely N-dealkylation sites (tertiary alicyclic amines) is 1. The normalized spacial score (nSPS) is 19.7. The first-order valence-electron chi connectivity index (χ1n) is 7.08. The fraction of sp³-hybridized carbons (Fsp3) is 0.500. The lowest BCUT2D eigenvalue weighted by Crippen LogP contribution is -2.28. The Labute approximate surface area is 129 Å². The zero-order valence-corrected chi connectivity index (χ0v) is 13.5. The molecule has 2 rings (SSSR count). The number of hydrogen-bond donors (Lipinski definition) is 0. The molecule has 1 heterocycles. The van der Waals surface area contributed by atoms with Crippen molar-refractivity contribution >= 4 is 22.8 Å². The summed E-state index contributed by atoms with van der Waals surface area (Å²) in [6.45, 7) is 4.34. The van der Waals surface area contributed by atoms with Crippen LogP contribution < -0.4 is 4.74 Å². The highest BCUT2D eigenvalue weighted by molar-refractivity contribution is 8.13. The molecule has 0 radical (unpaired) electrons. The fourth-order valence-corrected chi connectivity index (χ4v) is 3.29. The average Bonchev–Trinajstić information content (AvgIpc) is 2.85. The number of ether oxygens (including phenoxy) is 1. The summed E-state index contributed by atoms with van der Waals surface area (Å²) >= 11 is 1.31. The predicted octanol–water partition coefficient (Wildman–Crippen LogP) is 2.88. The van der Waals surface area contributed by atoms with Gasteiger partial charge >= 0.3 is 0 Å². The number of carbonyl (C=O) groups is 2. The van der Waals surface area contributed by atoms with Gasteiger partial charge in [0.2, 0.25) is 5.91 Å². The minimum Gasteiger partial charge on any atom is -0.497 e. The Morgan fingerprint density at radius 3 is 2.67 bits per heavy atom. The van der Waals surface area contributed by atoms with E-state index in [2.05, 4.69) is 0 Å². The van der Waals surface area contributed by atoms with Gasteiger partial charge in [0.1, 0.15) is 5.75 Å². The third-order valence-electron chi connectivity index (χ3n) is 3.83. The lowest BCUT2D eigenvalue weighted by atomic mass is 10.1. The van der Waals surface area contributed by atoms with Crippen LogP contribution in [0.15, 0.2) is 24.3 Å². The third-order valence-corrected chi connectivity index (χ3v) is 4.87. The molecule has 1 saturated heterocycles. The second kappa shape index (κ2) is 6.98. The number of benzene rings is 1. The molecule has 1 aliphatic rings. The quantitative estimate of drug-likeness (QED) is 0.839. The topological polar surface area (TPSA) is 46.6 Å². The number of hydrogen-bond acceptors (Lipinski definition) is 4. The van der Waals surface area contributed by atoms with E-state index in [1.165, 1.54) is 11.8 Å². The Bertz CT molecular complexity index is 515. The van der Waals surface area contributed by atoms with E-state index in [0.717, 1.165) is 23.6 Å². The fourth-order valence-electron chi connectivity index (χ4n) is 2.59. The van der Waals surface area contributed by atoms with Crippen LogP contribution in [-0.4, -0.2) is 35.3 Å². The van der Waals surface area contributed by atoms with Crippen LogP contribution in [0, 0.1) is 5.92 Å². The summed E-state index contributed by atoms with van der Waals surface area (Å²) in [5.74, 6) is 1.99. The average molecular weight is 307 g/mol. The Balaban J connectivity index is 1.99. The molecular weight excluding hydrogens is 286 g/mol. The van der Waals surface area contributed by atoms with Gasteiger partial charge in [0.05, 0.1) is 13.2 Å². The molecule has 1 aromatic carbocycles. The third kappa shape index (κ3) is 4.00. The standard InChI is InChI=1S/C16H21NO3S/c1-11(14-4-6-15(20-3)7-5-14)17-9-13(8-16(17)19)10-21-12(2)18/h4-7,11,13H,8-10H2,1-3H3/t11-,13?/m0/s1. The molecule has 1 aromatic rings. The highest BCUT2D eigenvalue weighted by Crippen LogP contribution is 2.30. The first-order chi connectivity index (χ1) is 10.0. The molecule has 114 valence electrons. The molecular formula is C16H21NO3S. The second-order valence-corrected chi connectivity index (χ2v) is 6.56. The van der Waals surface area contributed by atoms with Crippen LogP contribution >= 0.6 is 11.8 Å². The van der Waals surface area contributed by atoms with Gasteiger partial charge < -0.3 is 9.64 Å². The number of amides is 1. The van der Waals surface area contributed by atoms with Gasteiger partial charge in [-0.3, -0.25) is 9.59 Å². The Morgan fingerprint density at radius 2 is 2.10 bits per heavy atom. The van der Waals surface area contributed by atoms with Crippen molar-refractivity contribution in [2.24, 2.45) is 5.92 Å². The summed E-state index contributed by atoms with van der Waals surface area (Å²) in [6, 6.07) is 7.86. The van der Waals surface area contributed by atoms with Crippen LogP contribution in [0.1, 0.15) is 31.9 Å². The van der Waals surface area contributed by atoms with Gasteiger partial charge in [0.15, 0.2) is 5.12 Å². The van der Waals surface area contributed by atoms with Crippen LogP contribution in [0.25, 0.3) is 0 Å². The Morgan fingerprint density at radius 1 is 1.43 bits per heavy atom. The molecule has 4 nitrogen and oxygen atoms in total. The minimum absolute atomic E-state index is 0.0516. The van der Waals surface area contributed by atoms with Crippen LogP contribution in [0.4, 0.5) is 0 Å². The van der Waals surface area contributed by atoms with Gasteiger partial charge in [-0.15, -0.1) is 0 Å². The van der Waals surface area contributed by atoms with E-state index in [0.29, 0.717) is 6.42 Å². The van der Waals surface area contributed by atoms with E-state index < -0.39 is 0 Å².